The topological polar surface area (TPSA) is 29.4 Å². The van der Waals surface area contributed by atoms with E-state index in [1.54, 1.807) is 6.08 Å². The number of rotatable bonds is 0. The number of carbonyl (C=O) groups excluding carboxylic acids is 1. The predicted octanol–water partition coefficient (Wildman–Crippen LogP) is 0.586. The molecule has 0 aromatic rings. The van der Waals surface area contributed by atoms with Crippen LogP contribution in [0.15, 0.2) is 17.1 Å². The zero-order valence-electron chi connectivity index (χ0n) is 4.50. The molecule has 0 aromatic heterocycles. The van der Waals surface area contributed by atoms with Crippen LogP contribution >= 0.6 is 0 Å². The molecule has 0 atom stereocenters. The predicted molar refractivity (Wildman–Crippen MR) is 32.1 cm³/mol. The third-order valence-corrected chi connectivity index (χ3v) is 0.926. The lowest BCUT2D eigenvalue weighted by molar-refractivity contribution is -0.108. The lowest BCUT2D eigenvalue weighted by Crippen LogP contribution is -1.90. The molecule has 1 heterocycles. The van der Waals surface area contributed by atoms with E-state index in [0.717, 1.165) is 13.0 Å². The molecule has 0 bridgehead atoms. The fourth-order valence-electron chi connectivity index (χ4n) is 0.546. The molecule has 0 unspecified atom stereocenters. The Labute approximate surface area is 47.9 Å². The Bertz CT molecular complexity index is 131. The third kappa shape index (κ3) is 1.30. The molecule has 2 heteroatoms. The van der Waals surface area contributed by atoms with Crippen molar-refractivity contribution < 1.29 is 4.79 Å². The van der Waals surface area contributed by atoms with Crippen LogP contribution in [0.2, 0.25) is 0 Å². The summed E-state index contributed by atoms with van der Waals surface area (Å²) >= 11 is 0. The van der Waals surface area contributed by atoms with Crippen molar-refractivity contribution in [3.8, 4) is 0 Å². The van der Waals surface area contributed by atoms with Crippen LogP contribution in [0.5, 0.6) is 0 Å². The molecule has 0 spiro atoms. The maximum absolute atomic E-state index is 10.4. The lowest BCUT2D eigenvalue weighted by atomic mass is 10.3. The molecule has 0 N–H and O–H groups in total. The third-order valence-electron chi connectivity index (χ3n) is 0.926. The zero-order valence-corrected chi connectivity index (χ0v) is 4.50. The summed E-state index contributed by atoms with van der Waals surface area (Å²) < 4.78 is 0. The molecule has 2 nitrogen and oxygen atoms in total. The van der Waals surface area contributed by atoms with Gasteiger partial charge in [0, 0.05) is 6.54 Å². The minimum atomic E-state index is 0.00231. The zero-order chi connectivity index (χ0) is 5.82. The SMILES string of the molecule is O=C1C=CCCN=C1. The fraction of sp³-hybridized carbons (Fsp3) is 0.333. The summed E-state index contributed by atoms with van der Waals surface area (Å²) in [6.45, 7) is 0.752. The Morgan fingerprint density at radius 1 is 1.62 bits per heavy atom. The molecule has 1 aliphatic heterocycles. The Balaban J connectivity index is 2.64. The normalized spacial score (nSPS) is 18.8. The molecule has 0 saturated heterocycles. The maximum atomic E-state index is 10.4. The maximum Gasteiger partial charge on any atom is 0.196 e. The van der Waals surface area contributed by atoms with Crippen LogP contribution in [0.4, 0.5) is 0 Å². The van der Waals surface area contributed by atoms with E-state index in [2.05, 4.69) is 4.99 Å². The van der Waals surface area contributed by atoms with Crippen LogP contribution < -0.4 is 0 Å². The van der Waals surface area contributed by atoms with E-state index in [-0.39, 0.29) is 5.78 Å². The molecule has 0 fully saturated rings. The molecule has 8 heavy (non-hydrogen) atoms. The van der Waals surface area contributed by atoms with Crippen molar-refractivity contribution in [1.82, 2.24) is 0 Å². The van der Waals surface area contributed by atoms with Crippen LogP contribution in [0.3, 0.4) is 0 Å². The van der Waals surface area contributed by atoms with E-state index < -0.39 is 0 Å². The Hall–Kier alpha value is -0.920. The van der Waals surface area contributed by atoms with Gasteiger partial charge >= 0.3 is 0 Å². The van der Waals surface area contributed by atoms with Crippen molar-refractivity contribution in [2.75, 3.05) is 6.54 Å². The van der Waals surface area contributed by atoms with Gasteiger partial charge in [0.2, 0.25) is 0 Å². The van der Waals surface area contributed by atoms with E-state index in [1.165, 1.54) is 6.21 Å². The highest BCUT2D eigenvalue weighted by Gasteiger charge is 1.91. The summed E-state index contributed by atoms with van der Waals surface area (Å²) in [5, 5.41) is 0. The molecule has 0 aliphatic carbocycles. The molecule has 0 aromatic carbocycles. The average molecular weight is 109 g/mol. The van der Waals surface area contributed by atoms with Gasteiger partial charge in [-0.05, 0) is 12.5 Å². The van der Waals surface area contributed by atoms with Gasteiger partial charge in [0.15, 0.2) is 5.78 Å². The summed E-state index contributed by atoms with van der Waals surface area (Å²) in [4.78, 5) is 14.3. The molecular weight excluding hydrogens is 102 g/mol. The first-order valence-corrected chi connectivity index (χ1v) is 2.60. The first-order chi connectivity index (χ1) is 3.89. The van der Waals surface area contributed by atoms with Gasteiger partial charge in [0.05, 0.1) is 6.21 Å². The van der Waals surface area contributed by atoms with Crippen molar-refractivity contribution in [2.24, 2.45) is 4.99 Å². The number of ketones is 1. The number of carbonyl (C=O) groups is 1. The minimum absolute atomic E-state index is 0.00231. The second kappa shape index (κ2) is 2.40. The standard InChI is InChI=1S/C6H7NO/c8-6-3-1-2-4-7-5-6/h1,3,5H,2,4H2. The van der Waals surface area contributed by atoms with Gasteiger partial charge in [-0.1, -0.05) is 6.08 Å². The molecule has 0 amide bonds. The number of hydrogen-bond donors (Lipinski definition) is 0. The number of hydrogen-bond acceptors (Lipinski definition) is 2. The van der Waals surface area contributed by atoms with E-state index >= 15 is 0 Å². The van der Waals surface area contributed by atoms with Gasteiger partial charge in [0.25, 0.3) is 0 Å². The van der Waals surface area contributed by atoms with Gasteiger partial charge in [-0.3, -0.25) is 9.79 Å². The summed E-state index contributed by atoms with van der Waals surface area (Å²) in [5.41, 5.74) is 0. The minimum Gasteiger partial charge on any atom is -0.289 e. The van der Waals surface area contributed by atoms with Crippen LogP contribution in [-0.2, 0) is 4.79 Å². The van der Waals surface area contributed by atoms with Crippen LogP contribution in [0, 0.1) is 0 Å². The van der Waals surface area contributed by atoms with E-state index in [1.807, 2.05) is 6.08 Å². The van der Waals surface area contributed by atoms with Crippen molar-refractivity contribution in [2.45, 2.75) is 6.42 Å². The van der Waals surface area contributed by atoms with Gasteiger partial charge in [-0.25, -0.2) is 0 Å². The molecule has 0 saturated carbocycles. The number of allylic oxidation sites excluding steroid dienone is 1. The second-order valence-electron chi connectivity index (χ2n) is 1.63. The highest BCUT2D eigenvalue weighted by atomic mass is 16.1. The van der Waals surface area contributed by atoms with Gasteiger partial charge < -0.3 is 0 Å². The summed E-state index contributed by atoms with van der Waals surface area (Å²) in [7, 11) is 0. The highest BCUT2D eigenvalue weighted by Crippen LogP contribution is 1.88. The lowest BCUT2D eigenvalue weighted by Gasteiger charge is -1.76. The highest BCUT2D eigenvalue weighted by molar-refractivity contribution is 6.32. The fourth-order valence-corrected chi connectivity index (χ4v) is 0.546. The summed E-state index contributed by atoms with van der Waals surface area (Å²) in [5.74, 6) is 0.00231. The average Bonchev–Trinajstić information content (AvgIpc) is 1.94. The smallest absolute Gasteiger partial charge is 0.196 e. The molecule has 42 valence electrons. The first-order valence-electron chi connectivity index (χ1n) is 2.60. The largest absolute Gasteiger partial charge is 0.289 e. The summed E-state index contributed by atoms with van der Waals surface area (Å²) in [6, 6.07) is 0. The Kier molecular flexibility index (Phi) is 1.57. The van der Waals surface area contributed by atoms with Crippen molar-refractivity contribution in [1.29, 1.82) is 0 Å². The van der Waals surface area contributed by atoms with Crippen LogP contribution in [0.1, 0.15) is 6.42 Å². The van der Waals surface area contributed by atoms with Gasteiger partial charge in [-0.2, -0.15) is 0 Å². The first kappa shape index (κ1) is 5.22. The van der Waals surface area contributed by atoms with Gasteiger partial charge in [0.1, 0.15) is 0 Å². The van der Waals surface area contributed by atoms with E-state index in [4.69, 9.17) is 0 Å². The van der Waals surface area contributed by atoms with Crippen molar-refractivity contribution in [3.05, 3.63) is 12.2 Å². The second-order valence-corrected chi connectivity index (χ2v) is 1.63. The Morgan fingerprint density at radius 2 is 2.50 bits per heavy atom. The number of aliphatic imine (C=N–C) groups is 1. The van der Waals surface area contributed by atoms with E-state index in [9.17, 15) is 4.79 Å². The van der Waals surface area contributed by atoms with Crippen molar-refractivity contribution in [3.63, 3.8) is 0 Å². The van der Waals surface area contributed by atoms with Crippen LogP contribution in [0.25, 0.3) is 0 Å². The quantitative estimate of drug-likeness (QED) is 0.447. The monoisotopic (exact) mass is 109 g/mol. The van der Waals surface area contributed by atoms with Crippen LogP contribution in [-0.4, -0.2) is 18.5 Å². The van der Waals surface area contributed by atoms with Gasteiger partial charge in [-0.15, -0.1) is 0 Å². The van der Waals surface area contributed by atoms with E-state index in [0.29, 0.717) is 0 Å². The molecule has 1 rings (SSSR count). The van der Waals surface area contributed by atoms with Crippen molar-refractivity contribution >= 4 is 12.0 Å². The number of nitrogens with zero attached hydrogens (tertiary/aromatic N) is 1. The summed E-state index contributed by atoms with van der Waals surface area (Å²) in [6.07, 6.45) is 5.65. The molecule has 0 radical (unpaired) electrons. The molecule has 1 aliphatic rings. The molecular formula is C6H7NO. The Morgan fingerprint density at radius 3 is 3.38 bits per heavy atom.